The topological polar surface area (TPSA) is 95.3 Å². The third-order valence-corrected chi connectivity index (χ3v) is 11.2. The van der Waals surface area contributed by atoms with Crippen molar-refractivity contribution in [1.82, 2.24) is 0 Å². The van der Waals surface area contributed by atoms with Crippen molar-refractivity contribution < 1.29 is 16.8 Å². The highest BCUT2D eigenvalue weighted by molar-refractivity contribution is 8.10. The number of benzene rings is 2. The summed E-state index contributed by atoms with van der Waals surface area (Å²) in [5.74, 6) is 0. The molecule has 0 saturated heterocycles. The molecule has 1 aliphatic carbocycles. The lowest BCUT2D eigenvalue weighted by Crippen LogP contribution is -2.37. The molecule has 32 heavy (non-hydrogen) atoms. The molecule has 0 amide bonds. The highest BCUT2D eigenvalue weighted by Crippen LogP contribution is 2.44. The van der Waals surface area contributed by atoms with Crippen molar-refractivity contribution >= 4 is 36.4 Å². The van der Waals surface area contributed by atoms with Gasteiger partial charge in [0.05, 0.1) is 15.4 Å². The number of aryl methyl sites for hydroxylation is 3. The molecule has 0 unspecified atom stereocenters. The van der Waals surface area contributed by atoms with E-state index in [-0.39, 0.29) is 20.4 Å². The third-order valence-electron chi connectivity index (χ3n) is 5.50. The standard InChI is InChI=1S/C23H22N2O4S3/c1-16-7-11-18(12-8-16)31(26,27)25(32(28,29)19-13-9-17(2)10-14-19)23-21(15-24)20-5-3-4-6-22(20)30-23/h7-14H,3-6H2,1-2H3. The van der Waals surface area contributed by atoms with Gasteiger partial charge in [-0.05, 0) is 69.4 Å². The minimum absolute atomic E-state index is 0.0550. The van der Waals surface area contributed by atoms with E-state index in [9.17, 15) is 22.1 Å². The largest absolute Gasteiger partial charge is 0.278 e. The molecule has 4 rings (SSSR count). The fourth-order valence-electron chi connectivity index (χ4n) is 3.75. The van der Waals surface area contributed by atoms with Crippen molar-refractivity contribution in [3.05, 3.63) is 75.7 Å². The Balaban J connectivity index is 2.00. The van der Waals surface area contributed by atoms with Crippen LogP contribution in [0.3, 0.4) is 0 Å². The number of hydrogen-bond donors (Lipinski definition) is 0. The van der Waals surface area contributed by atoms with E-state index in [0.717, 1.165) is 45.7 Å². The van der Waals surface area contributed by atoms with Gasteiger partial charge in [-0.2, -0.15) is 22.1 Å². The molecule has 0 spiro atoms. The maximum absolute atomic E-state index is 13.8. The molecule has 1 heterocycles. The van der Waals surface area contributed by atoms with E-state index in [1.165, 1.54) is 24.3 Å². The molecular weight excluding hydrogens is 464 g/mol. The molecule has 9 heteroatoms. The first kappa shape index (κ1) is 22.5. The number of fused-ring (bicyclic) bond motifs is 1. The van der Waals surface area contributed by atoms with Crippen molar-refractivity contribution in [2.75, 3.05) is 3.71 Å². The summed E-state index contributed by atoms with van der Waals surface area (Å²) in [6, 6.07) is 14.1. The van der Waals surface area contributed by atoms with Crippen molar-refractivity contribution in [2.24, 2.45) is 0 Å². The van der Waals surface area contributed by atoms with Crippen LogP contribution >= 0.6 is 11.3 Å². The average Bonchev–Trinajstić information content (AvgIpc) is 3.11. The Morgan fingerprint density at radius 1 is 0.812 bits per heavy atom. The van der Waals surface area contributed by atoms with Gasteiger partial charge in [-0.3, -0.25) is 0 Å². The highest BCUT2D eigenvalue weighted by atomic mass is 32.3. The quantitative estimate of drug-likeness (QED) is 0.521. The van der Waals surface area contributed by atoms with Crippen LogP contribution in [-0.4, -0.2) is 16.8 Å². The van der Waals surface area contributed by atoms with Gasteiger partial charge in [0.15, 0.2) is 0 Å². The van der Waals surface area contributed by atoms with Crippen LogP contribution in [0.25, 0.3) is 0 Å². The molecule has 166 valence electrons. The second-order valence-electron chi connectivity index (χ2n) is 7.84. The number of rotatable bonds is 5. The van der Waals surface area contributed by atoms with Crippen LogP contribution < -0.4 is 3.71 Å². The van der Waals surface area contributed by atoms with Crippen LogP contribution in [0, 0.1) is 25.2 Å². The fourth-order valence-corrected chi connectivity index (χ4v) is 9.23. The molecule has 0 bridgehead atoms. The van der Waals surface area contributed by atoms with Gasteiger partial charge in [0.2, 0.25) is 0 Å². The summed E-state index contributed by atoms with van der Waals surface area (Å²) in [7, 11) is -9.03. The zero-order valence-corrected chi connectivity index (χ0v) is 20.1. The summed E-state index contributed by atoms with van der Waals surface area (Å²) in [5, 5.41) is 9.84. The smallest absolute Gasteiger partial charge is 0.200 e. The summed E-state index contributed by atoms with van der Waals surface area (Å²) in [6.45, 7) is 3.64. The summed E-state index contributed by atoms with van der Waals surface area (Å²) in [5.41, 5.74) is 2.60. The monoisotopic (exact) mass is 486 g/mol. The van der Waals surface area contributed by atoms with Crippen molar-refractivity contribution in [1.29, 1.82) is 5.26 Å². The minimum Gasteiger partial charge on any atom is -0.200 e. The Hall–Kier alpha value is -2.67. The van der Waals surface area contributed by atoms with E-state index in [1.54, 1.807) is 24.3 Å². The average molecular weight is 487 g/mol. The summed E-state index contributed by atoms with van der Waals surface area (Å²) >= 11 is 1.09. The Morgan fingerprint density at radius 3 is 1.75 bits per heavy atom. The SMILES string of the molecule is Cc1ccc(S(=O)(=O)N(c2sc3c(c2C#N)CCCC3)S(=O)(=O)c2ccc(C)cc2)cc1. The maximum atomic E-state index is 13.8. The molecule has 0 saturated carbocycles. The van der Waals surface area contributed by atoms with Gasteiger partial charge in [0.25, 0.3) is 20.0 Å². The minimum atomic E-state index is -4.51. The lowest BCUT2D eigenvalue weighted by atomic mass is 9.96. The molecule has 0 atom stereocenters. The number of sulfonamides is 2. The van der Waals surface area contributed by atoms with Gasteiger partial charge in [0.1, 0.15) is 11.1 Å². The Bertz CT molecular complexity index is 1340. The van der Waals surface area contributed by atoms with Crippen LogP contribution in [0.15, 0.2) is 58.3 Å². The summed E-state index contributed by atoms with van der Waals surface area (Å²) < 4.78 is 55.5. The van der Waals surface area contributed by atoms with Gasteiger partial charge in [-0.1, -0.05) is 35.4 Å². The van der Waals surface area contributed by atoms with E-state index in [0.29, 0.717) is 16.6 Å². The van der Waals surface area contributed by atoms with E-state index >= 15 is 0 Å². The molecule has 6 nitrogen and oxygen atoms in total. The zero-order valence-electron chi connectivity index (χ0n) is 17.7. The van der Waals surface area contributed by atoms with Gasteiger partial charge >= 0.3 is 0 Å². The van der Waals surface area contributed by atoms with Crippen LogP contribution in [-0.2, 0) is 32.9 Å². The first-order valence-electron chi connectivity index (χ1n) is 10.1. The molecule has 0 aliphatic heterocycles. The molecule has 3 aromatic rings. The number of nitriles is 1. The van der Waals surface area contributed by atoms with Gasteiger partial charge in [-0.15, -0.1) is 15.0 Å². The lowest BCUT2D eigenvalue weighted by Gasteiger charge is -2.23. The van der Waals surface area contributed by atoms with Gasteiger partial charge in [-0.25, -0.2) is 0 Å². The fraction of sp³-hybridized carbons (Fsp3) is 0.261. The number of thiophene rings is 1. The maximum Gasteiger partial charge on any atom is 0.278 e. The van der Waals surface area contributed by atoms with Gasteiger partial charge in [0, 0.05) is 4.88 Å². The predicted octanol–water partition coefficient (Wildman–Crippen LogP) is 4.70. The zero-order chi connectivity index (χ0) is 23.1. The van der Waals surface area contributed by atoms with Crippen LogP contribution in [0.4, 0.5) is 5.00 Å². The van der Waals surface area contributed by atoms with Crippen molar-refractivity contribution in [2.45, 2.75) is 49.3 Å². The number of hydrogen-bond acceptors (Lipinski definition) is 6. The predicted molar refractivity (Wildman–Crippen MR) is 125 cm³/mol. The molecule has 0 N–H and O–H groups in total. The summed E-state index contributed by atoms with van der Waals surface area (Å²) in [4.78, 5) is 0.592. The molecule has 1 aliphatic rings. The van der Waals surface area contributed by atoms with E-state index in [4.69, 9.17) is 0 Å². The first-order valence-corrected chi connectivity index (χ1v) is 13.8. The molecule has 2 aromatic carbocycles. The lowest BCUT2D eigenvalue weighted by molar-refractivity contribution is 0.584. The van der Waals surface area contributed by atoms with Crippen molar-refractivity contribution in [3.63, 3.8) is 0 Å². The van der Waals surface area contributed by atoms with E-state index in [1.807, 2.05) is 13.8 Å². The summed E-state index contributed by atoms with van der Waals surface area (Å²) in [6.07, 6.45) is 3.15. The van der Waals surface area contributed by atoms with E-state index < -0.39 is 20.0 Å². The van der Waals surface area contributed by atoms with Crippen LogP contribution in [0.2, 0.25) is 0 Å². The van der Waals surface area contributed by atoms with Gasteiger partial charge < -0.3 is 0 Å². The molecule has 0 fully saturated rings. The second kappa shape index (κ2) is 8.35. The normalized spacial score (nSPS) is 13.9. The number of nitrogens with zero attached hydrogens (tertiary/aromatic N) is 2. The van der Waals surface area contributed by atoms with Crippen LogP contribution in [0.5, 0.6) is 0 Å². The third kappa shape index (κ3) is 3.83. The Morgan fingerprint density at radius 2 is 1.28 bits per heavy atom. The highest BCUT2D eigenvalue weighted by Gasteiger charge is 2.41. The van der Waals surface area contributed by atoms with Crippen molar-refractivity contribution in [3.8, 4) is 6.07 Å². The Labute approximate surface area is 192 Å². The number of anilines is 1. The Kier molecular flexibility index (Phi) is 5.88. The molecule has 1 aromatic heterocycles. The van der Waals surface area contributed by atoms with E-state index in [2.05, 4.69) is 6.07 Å². The molecular formula is C23H22N2O4S3. The van der Waals surface area contributed by atoms with Crippen LogP contribution in [0.1, 0.15) is 40.0 Å². The molecule has 0 radical (unpaired) electrons. The first-order chi connectivity index (χ1) is 15.2. The second-order valence-corrected chi connectivity index (χ2v) is 12.7.